The molecule has 2 aromatic heterocycles. The molecule has 7 aromatic carbocycles. The van der Waals surface area contributed by atoms with Gasteiger partial charge in [0.15, 0.2) is 6.29 Å². The molecule has 0 aliphatic carbocycles. The van der Waals surface area contributed by atoms with Gasteiger partial charge in [-0.05, 0) is 122 Å². The number of benzene rings is 7. The molecule has 0 saturated carbocycles. The van der Waals surface area contributed by atoms with E-state index in [0.717, 1.165) is 75.1 Å². The van der Waals surface area contributed by atoms with Gasteiger partial charge in [0.1, 0.15) is 11.5 Å². The van der Waals surface area contributed by atoms with Crippen LogP contribution in [0.2, 0.25) is 10.1 Å². The van der Waals surface area contributed by atoms with Crippen molar-refractivity contribution >= 4 is 89.9 Å². The second kappa shape index (κ2) is 40.0. The molecule has 0 unspecified atom stereocenters. The van der Waals surface area contributed by atoms with Crippen molar-refractivity contribution in [3.8, 4) is 11.5 Å². The molecule has 0 aliphatic heterocycles. The van der Waals surface area contributed by atoms with E-state index in [9.17, 15) is 4.79 Å². The molecule has 11 heteroatoms. The average Bonchev–Trinajstić information content (AvgIpc) is 0.821. The predicted octanol–water partition coefficient (Wildman–Crippen LogP) is 13.9. The molecule has 9 aromatic rings. The first-order valence-corrected chi connectivity index (χ1v) is 37.7. The topological polar surface area (TPSA) is 42.0 Å². The Morgan fingerprint density at radius 2 is 0.811 bits per heavy atom. The third-order valence-corrected chi connectivity index (χ3v) is 27.6. The predicted molar refractivity (Wildman–Crippen MR) is 391 cm³/mol. The number of halogens is 1. The fourth-order valence-corrected chi connectivity index (χ4v) is 21.2. The maximum atomic E-state index is 12.2. The van der Waals surface area contributed by atoms with E-state index in [1.807, 2.05) is 59.9 Å². The summed E-state index contributed by atoms with van der Waals surface area (Å²) in [5.41, 5.74) is 4.11. The van der Waals surface area contributed by atoms with Gasteiger partial charge >= 0.3 is 35.5 Å². The van der Waals surface area contributed by atoms with Crippen LogP contribution >= 0.6 is 22.7 Å². The molecule has 2 heterocycles. The summed E-state index contributed by atoms with van der Waals surface area (Å²) >= 11 is 3.58. The maximum absolute atomic E-state index is 12.2. The summed E-state index contributed by atoms with van der Waals surface area (Å²) in [5, 5.41) is 8.95. The molecule has 0 radical (unpaired) electrons. The molecular formula is C79H99ClLiN2O3S2Si2-. The number of thiophene rings is 2. The Hall–Kier alpha value is -6.13. The van der Waals surface area contributed by atoms with Gasteiger partial charge < -0.3 is 31.1 Å². The molecule has 9 rings (SSSR count). The van der Waals surface area contributed by atoms with Crippen LogP contribution in [0.15, 0.2) is 223 Å². The number of hydrogen-bond donors (Lipinski definition) is 0. The number of anilines is 2. The average molecular weight is 1290 g/mol. The summed E-state index contributed by atoms with van der Waals surface area (Å²) in [4.78, 5) is 19.9. The third-order valence-electron chi connectivity index (χ3n) is 15.8. The Balaban J connectivity index is 0.000000314. The molecule has 0 N–H and O–H groups in total. The Bertz CT molecular complexity index is 3220. The molecule has 0 saturated heterocycles. The standard InChI is InChI=1S/C36H45NOSSi.C31H41NO2Si.C6H8S.C6H5.ClH.Li/c1-6-8-26-37(27-9-7-2)31-24-22-30(23-25-32-17-16-28-39-32)35(29-31)38-40(36(3,4)5,33-18-12-10-13-19-33)34-20-14-11-15-21-34;1-6-8-22-32(23-9-7-2)27-21-20-26(25-33)30(24-27)34-35(31(3,4)5,28-16-12-10-13-17-28)29-18-14-11-15-19-29;1-2-6-4-3-5-7-6;1-2-4-6-5-3-1;;/h10-25,28-29H,6-9,26-27H2,1-5H3;10-21,24-25H,6-9,22-23H2,1-5H3;3-5H,2H2,1H3;1-5H;1H;/q;;;-1;;+1/p-1. The van der Waals surface area contributed by atoms with Crippen molar-refractivity contribution in [2.24, 2.45) is 0 Å². The quantitative estimate of drug-likeness (QED) is 0.0307. The van der Waals surface area contributed by atoms with Gasteiger partial charge in [0.05, 0.1) is 5.56 Å². The molecule has 0 fully saturated rings. The van der Waals surface area contributed by atoms with Crippen molar-refractivity contribution in [2.45, 2.75) is 144 Å². The Labute approximate surface area is 571 Å². The van der Waals surface area contributed by atoms with Crippen molar-refractivity contribution in [2.75, 3.05) is 36.0 Å². The summed E-state index contributed by atoms with van der Waals surface area (Å²) in [6.07, 6.45) is 15.9. The molecule has 0 bridgehead atoms. The zero-order valence-electron chi connectivity index (χ0n) is 56.1. The molecule has 0 atom stereocenters. The van der Waals surface area contributed by atoms with E-state index in [4.69, 9.17) is 8.85 Å². The van der Waals surface area contributed by atoms with Crippen molar-refractivity contribution < 1.29 is 44.9 Å². The van der Waals surface area contributed by atoms with Crippen LogP contribution in [-0.2, 0) is 6.42 Å². The van der Waals surface area contributed by atoms with Gasteiger partial charge in [-0.2, -0.15) is 36.4 Å². The number of aldehydes is 1. The number of aryl methyl sites for hydroxylation is 1. The first-order chi connectivity index (χ1) is 42.7. The summed E-state index contributed by atoms with van der Waals surface area (Å²) < 4.78 is 14.8. The molecule has 0 amide bonds. The van der Waals surface area contributed by atoms with Crippen molar-refractivity contribution in [3.63, 3.8) is 0 Å². The van der Waals surface area contributed by atoms with Crippen molar-refractivity contribution in [3.05, 3.63) is 250 Å². The minimum atomic E-state index is -2.82. The molecule has 5 nitrogen and oxygen atoms in total. The van der Waals surface area contributed by atoms with Crippen molar-refractivity contribution in [1.82, 2.24) is 0 Å². The third kappa shape index (κ3) is 21.8. The molecule has 90 heavy (non-hydrogen) atoms. The Kier molecular flexibility index (Phi) is 33.9. The monoisotopic (exact) mass is 1290 g/mol. The molecule has 0 spiro atoms. The van der Waals surface area contributed by atoms with E-state index in [1.54, 1.807) is 11.3 Å². The van der Waals surface area contributed by atoms with E-state index < -0.39 is 16.6 Å². The van der Waals surface area contributed by atoms with Gasteiger partial charge in [0.2, 0.25) is 0 Å². The Morgan fingerprint density at radius 3 is 1.10 bits per heavy atom. The van der Waals surface area contributed by atoms with E-state index in [1.165, 1.54) is 68.3 Å². The van der Waals surface area contributed by atoms with Crippen LogP contribution in [0.3, 0.4) is 0 Å². The van der Waals surface area contributed by atoms with Crippen LogP contribution in [0.25, 0.3) is 12.2 Å². The minimum Gasteiger partial charge on any atom is -1.00 e. The number of hydrogen-bond acceptors (Lipinski definition) is 7. The van der Waals surface area contributed by atoms with Crippen LogP contribution in [-0.4, -0.2) is 49.1 Å². The zero-order valence-corrected chi connectivity index (χ0v) is 60.5. The number of unbranched alkanes of at least 4 members (excludes halogenated alkanes) is 4. The Morgan fingerprint density at radius 1 is 0.444 bits per heavy atom. The van der Waals surface area contributed by atoms with Crippen LogP contribution in [0.4, 0.5) is 11.4 Å². The van der Waals surface area contributed by atoms with Crippen LogP contribution < -0.4 is 70.7 Å². The van der Waals surface area contributed by atoms with Gasteiger partial charge in [0, 0.05) is 65.0 Å². The zero-order chi connectivity index (χ0) is 63.1. The first kappa shape index (κ1) is 76.3. The second-order valence-electron chi connectivity index (χ2n) is 24.3. The van der Waals surface area contributed by atoms with Crippen molar-refractivity contribution in [1.29, 1.82) is 0 Å². The van der Waals surface area contributed by atoms with Gasteiger partial charge in [-0.3, -0.25) is 4.79 Å². The van der Waals surface area contributed by atoms with Gasteiger partial charge in [0.25, 0.3) is 0 Å². The number of nitrogens with zero attached hydrogens (tertiary/aromatic N) is 2. The fourth-order valence-electron chi connectivity index (χ4n) is 11.0. The summed E-state index contributed by atoms with van der Waals surface area (Å²) in [6.45, 7) is 29.2. The number of rotatable bonds is 26. The normalized spacial score (nSPS) is 11.2. The fraction of sp³-hybridized carbons (Fsp3) is 0.329. The molecule has 0 aliphatic rings. The summed E-state index contributed by atoms with van der Waals surface area (Å²) in [5.74, 6) is 1.65. The number of carbonyl (C=O) groups excluding carboxylic acids is 1. The smallest absolute Gasteiger partial charge is 1.00 e. The van der Waals surface area contributed by atoms with Gasteiger partial charge in [-0.15, -0.1) is 22.7 Å². The van der Waals surface area contributed by atoms with E-state index in [2.05, 4.69) is 279 Å². The molecular weight excluding hydrogens is 1190 g/mol. The second-order valence-corrected chi connectivity index (χ2v) is 34.8. The van der Waals surface area contributed by atoms with E-state index in [-0.39, 0.29) is 41.3 Å². The van der Waals surface area contributed by atoms with E-state index >= 15 is 0 Å². The van der Waals surface area contributed by atoms with Gasteiger partial charge in [-0.1, -0.05) is 235 Å². The largest absolute Gasteiger partial charge is 1.00 e. The molecule has 472 valence electrons. The SMILES string of the molecule is CCCCN(CCCC)c1ccc(C=Cc2cccs2)c(O[Si](c2ccccc2)(c2ccccc2)C(C)(C)C)c1.CCCCN(CCCC)c1ccc(C=O)c(O[Si](c2ccccc2)(c2ccccc2)C(C)(C)C)c1.CCc1cccs1.[Cl-].[Li+].[c-]1ccccc1. The van der Waals surface area contributed by atoms with Crippen LogP contribution in [0.1, 0.15) is 153 Å². The summed E-state index contributed by atoms with van der Waals surface area (Å²) in [6, 6.07) is 77.1. The van der Waals surface area contributed by atoms with E-state index in [0.29, 0.717) is 11.3 Å². The van der Waals surface area contributed by atoms with Gasteiger partial charge in [-0.25, -0.2) is 0 Å². The van der Waals surface area contributed by atoms with Crippen LogP contribution in [0, 0.1) is 6.07 Å². The van der Waals surface area contributed by atoms with Crippen LogP contribution in [0.5, 0.6) is 11.5 Å². The first-order valence-electron chi connectivity index (χ1n) is 32.2. The maximum Gasteiger partial charge on any atom is 1.00 e. The summed E-state index contributed by atoms with van der Waals surface area (Å²) in [7, 11) is -5.60. The number of carbonyl (C=O) groups is 1. The minimum absolute atomic E-state index is 0.